The van der Waals surface area contributed by atoms with E-state index in [1.165, 1.54) is 18.4 Å². The van der Waals surface area contributed by atoms with E-state index in [9.17, 15) is 0 Å². The zero-order chi connectivity index (χ0) is 16.3. The van der Waals surface area contributed by atoms with Gasteiger partial charge in [0, 0.05) is 0 Å². The van der Waals surface area contributed by atoms with Crippen molar-refractivity contribution in [3.63, 3.8) is 0 Å². The predicted molar refractivity (Wildman–Crippen MR) is 97.7 cm³/mol. The van der Waals surface area contributed by atoms with E-state index in [4.69, 9.17) is 10.5 Å². The third-order valence-corrected chi connectivity index (χ3v) is 3.84. The van der Waals surface area contributed by atoms with Gasteiger partial charge < -0.3 is 15.8 Å². The first-order chi connectivity index (χ1) is 11.3. The molecule has 0 aliphatic rings. The highest BCUT2D eigenvalue weighted by atomic mass is 16.5. The molecule has 0 aliphatic heterocycles. The Morgan fingerprint density at radius 1 is 0.957 bits per heavy atom. The molecule has 0 atom stereocenters. The fraction of sp³-hybridized carbons (Fsp3) is 0.400. The maximum atomic E-state index is 6.11. The van der Waals surface area contributed by atoms with Gasteiger partial charge in [-0.1, -0.05) is 49.7 Å². The van der Waals surface area contributed by atoms with Crippen LogP contribution in [0.15, 0.2) is 48.5 Å². The molecule has 0 aliphatic carbocycles. The average Bonchev–Trinajstić information content (AvgIpc) is 2.58. The van der Waals surface area contributed by atoms with E-state index in [1.807, 2.05) is 30.3 Å². The molecule has 0 saturated carbocycles. The lowest BCUT2D eigenvalue weighted by atomic mass is 10.1. The van der Waals surface area contributed by atoms with Crippen LogP contribution in [0.2, 0.25) is 0 Å². The molecular weight excluding hydrogens is 284 g/mol. The average molecular weight is 312 g/mol. The molecule has 0 aromatic heterocycles. The summed E-state index contributed by atoms with van der Waals surface area (Å²) in [6, 6.07) is 16.3. The molecule has 124 valence electrons. The van der Waals surface area contributed by atoms with Crippen molar-refractivity contribution in [2.45, 2.75) is 39.2 Å². The van der Waals surface area contributed by atoms with Gasteiger partial charge in [0.2, 0.25) is 0 Å². The van der Waals surface area contributed by atoms with Crippen molar-refractivity contribution in [3.8, 4) is 5.75 Å². The van der Waals surface area contributed by atoms with Crippen LogP contribution in [-0.4, -0.2) is 13.1 Å². The molecule has 0 radical (unpaired) electrons. The molecule has 0 spiro atoms. The Balaban J connectivity index is 1.76. The van der Waals surface area contributed by atoms with Crippen LogP contribution in [0.5, 0.6) is 5.75 Å². The van der Waals surface area contributed by atoms with Gasteiger partial charge >= 0.3 is 0 Å². The van der Waals surface area contributed by atoms with E-state index in [1.54, 1.807) is 0 Å². The molecular formula is C20H28N2O. The minimum absolute atomic E-state index is 0.547. The number of nitrogens with one attached hydrogen (secondary N) is 1. The zero-order valence-corrected chi connectivity index (χ0v) is 14.1. The standard InChI is InChI=1S/C20H28N2O/c1-2-3-13-22-14-7-10-17-11-12-20(19(21)15-17)23-16-18-8-5-4-6-9-18/h4-6,8-9,11-12,15,22H,2-3,7,10,13-14,16,21H2,1H3. The van der Waals surface area contributed by atoms with Crippen molar-refractivity contribution < 1.29 is 4.74 Å². The largest absolute Gasteiger partial charge is 0.487 e. The van der Waals surface area contributed by atoms with Crippen molar-refractivity contribution in [3.05, 3.63) is 59.7 Å². The summed E-state index contributed by atoms with van der Waals surface area (Å²) in [5.74, 6) is 0.763. The Morgan fingerprint density at radius 3 is 2.48 bits per heavy atom. The van der Waals surface area contributed by atoms with Crippen molar-refractivity contribution in [2.75, 3.05) is 18.8 Å². The number of unbranched alkanes of at least 4 members (excludes halogenated alkanes) is 1. The van der Waals surface area contributed by atoms with Crippen molar-refractivity contribution in [1.82, 2.24) is 5.32 Å². The van der Waals surface area contributed by atoms with Crippen LogP contribution in [0, 0.1) is 0 Å². The van der Waals surface area contributed by atoms with Gasteiger partial charge in [0.15, 0.2) is 0 Å². The van der Waals surface area contributed by atoms with E-state index in [-0.39, 0.29) is 0 Å². The van der Waals surface area contributed by atoms with Gasteiger partial charge in [-0.2, -0.15) is 0 Å². The summed E-state index contributed by atoms with van der Waals surface area (Å²) >= 11 is 0. The SMILES string of the molecule is CCCCNCCCc1ccc(OCc2ccccc2)c(N)c1. The van der Waals surface area contributed by atoms with Crippen molar-refractivity contribution in [2.24, 2.45) is 0 Å². The van der Waals surface area contributed by atoms with Crippen LogP contribution in [0.1, 0.15) is 37.3 Å². The Hall–Kier alpha value is -2.00. The maximum absolute atomic E-state index is 6.11. The highest BCUT2D eigenvalue weighted by Gasteiger charge is 2.03. The zero-order valence-electron chi connectivity index (χ0n) is 14.1. The number of nitrogen functional groups attached to an aromatic ring is 1. The number of anilines is 1. The number of ether oxygens (including phenoxy) is 1. The minimum Gasteiger partial charge on any atom is -0.487 e. The topological polar surface area (TPSA) is 47.3 Å². The summed E-state index contributed by atoms with van der Waals surface area (Å²) in [6.45, 7) is 4.94. The Kier molecular flexibility index (Phi) is 7.47. The lowest BCUT2D eigenvalue weighted by molar-refractivity contribution is 0.308. The van der Waals surface area contributed by atoms with Crippen LogP contribution in [0.25, 0.3) is 0 Å². The molecule has 0 amide bonds. The lowest BCUT2D eigenvalue weighted by Gasteiger charge is -2.11. The van der Waals surface area contributed by atoms with Gasteiger partial charge in [0.1, 0.15) is 12.4 Å². The summed E-state index contributed by atoms with van der Waals surface area (Å²) in [5.41, 5.74) is 9.25. The molecule has 0 heterocycles. The normalized spacial score (nSPS) is 10.7. The fourth-order valence-electron chi connectivity index (χ4n) is 2.46. The molecule has 0 bridgehead atoms. The molecule has 2 rings (SSSR count). The van der Waals surface area contributed by atoms with Gasteiger partial charge in [0.25, 0.3) is 0 Å². The van der Waals surface area contributed by atoms with Crippen LogP contribution >= 0.6 is 0 Å². The molecule has 3 heteroatoms. The number of rotatable bonds is 10. The first kappa shape index (κ1) is 17.4. The summed E-state index contributed by atoms with van der Waals surface area (Å²) in [6.07, 6.45) is 4.67. The second-order valence-electron chi connectivity index (χ2n) is 5.85. The van der Waals surface area contributed by atoms with Crippen LogP contribution in [0.4, 0.5) is 5.69 Å². The van der Waals surface area contributed by atoms with Gasteiger partial charge in [-0.15, -0.1) is 0 Å². The molecule has 0 fully saturated rings. The molecule has 0 saturated heterocycles. The summed E-state index contributed by atoms with van der Waals surface area (Å²) in [4.78, 5) is 0. The Morgan fingerprint density at radius 2 is 1.74 bits per heavy atom. The fourth-order valence-corrected chi connectivity index (χ4v) is 2.46. The maximum Gasteiger partial charge on any atom is 0.142 e. The third-order valence-electron chi connectivity index (χ3n) is 3.84. The van der Waals surface area contributed by atoms with Gasteiger partial charge in [0.05, 0.1) is 5.69 Å². The number of hydrogen-bond acceptors (Lipinski definition) is 3. The quantitative estimate of drug-likeness (QED) is 0.511. The molecule has 23 heavy (non-hydrogen) atoms. The smallest absolute Gasteiger partial charge is 0.142 e. The van der Waals surface area contributed by atoms with E-state index in [2.05, 4.69) is 30.4 Å². The highest BCUT2D eigenvalue weighted by Crippen LogP contribution is 2.24. The number of aryl methyl sites for hydroxylation is 1. The highest BCUT2D eigenvalue weighted by molar-refractivity contribution is 5.54. The van der Waals surface area contributed by atoms with Crippen LogP contribution in [-0.2, 0) is 13.0 Å². The van der Waals surface area contributed by atoms with E-state index >= 15 is 0 Å². The van der Waals surface area contributed by atoms with Crippen molar-refractivity contribution in [1.29, 1.82) is 0 Å². The minimum atomic E-state index is 0.547. The van der Waals surface area contributed by atoms with Crippen molar-refractivity contribution >= 4 is 5.69 Å². The number of nitrogens with two attached hydrogens (primary N) is 1. The van der Waals surface area contributed by atoms with Crippen LogP contribution in [0.3, 0.4) is 0 Å². The summed E-state index contributed by atoms with van der Waals surface area (Å²) < 4.78 is 5.81. The van der Waals surface area contributed by atoms with Gasteiger partial charge in [-0.3, -0.25) is 0 Å². The van der Waals surface area contributed by atoms with E-state index in [0.717, 1.165) is 42.9 Å². The monoisotopic (exact) mass is 312 g/mol. The first-order valence-corrected chi connectivity index (χ1v) is 8.55. The number of benzene rings is 2. The van der Waals surface area contributed by atoms with E-state index < -0.39 is 0 Å². The van der Waals surface area contributed by atoms with E-state index in [0.29, 0.717) is 6.61 Å². The number of hydrogen-bond donors (Lipinski definition) is 2. The Bertz CT molecular complexity index is 569. The molecule has 3 N–H and O–H groups in total. The summed E-state index contributed by atoms with van der Waals surface area (Å²) in [5, 5.41) is 3.47. The predicted octanol–water partition coefficient (Wildman–Crippen LogP) is 4.17. The molecule has 0 unspecified atom stereocenters. The molecule has 3 nitrogen and oxygen atoms in total. The lowest BCUT2D eigenvalue weighted by Crippen LogP contribution is -2.16. The summed E-state index contributed by atoms with van der Waals surface area (Å²) in [7, 11) is 0. The Labute approximate surface area is 139 Å². The second kappa shape index (κ2) is 9.90. The molecule has 2 aromatic carbocycles. The van der Waals surface area contributed by atoms with Gasteiger partial charge in [-0.05, 0) is 55.6 Å². The molecule has 2 aromatic rings. The first-order valence-electron chi connectivity index (χ1n) is 8.55. The van der Waals surface area contributed by atoms with Gasteiger partial charge in [-0.25, -0.2) is 0 Å². The van der Waals surface area contributed by atoms with Crippen LogP contribution < -0.4 is 15.8 Å². The third kappa shape index (κ3) is 6.33. The second-order valence-corrected chi connectivity index (χ2v) is 5.85.